The van der Waals surface area contributed by atoms with Gasteiger partial charge in [0.2, 0.25) is 0 Å². The van der Waals surface area contributed by atoms with Crippen LogP contribution in [0.3, 0.4) is 0 Å². The van der Waals surface area contributed by atoms with Crippen molar-refractivity contribution >= 4 is 23.1 Å². The first kappa shape index (κ1) is 15.3. The van der Waals surface area contributed by atoms with Gasteiger partial charge in [-0.15, -0.1) is 0 Å². The first-order valence-corrected chi connectivity index (χ1v) is 8.30. The molecule has 0 aromatic heterocycles. The number of nitrogens with zero attached hydrogens (tertiary/aromatic N) is 3. The van der Waals surface area contributed by atoms with Gasteiger partial charge in [-0.05, 0) is 32.2 Å². The number of carbonyl (C=O) groups is 1. The molecule has 0 unspecified atom stereocenters. The van der Waals surface area contributed by atoms with Crippen LogP contribution in [0, 0.1) is 5.41 Å². The number of amides is 1. The fraction of sp³-hybridized carbons (Fsp3) is 0.529. The molecule has 1 atom stereocenters. The van der Waals surface area contributed by atoms with Gasteiger partial charge in [0.25, 0.3) is 5.91 Å². The van der Waals surface area contributed by atoms with Crippen LogP contribution in [-0.2, 0) is 4.79 Å². The van der Waals surface area contributed by atoms with Gasteiger partial charge in [0.05, 0.1) is 5.69 Å². The average molecular weight is 329 g/mol. The van der Waals surface area contributed by atoms with E-state index < -0.39 is 0 Å². The number of carbonyl (C=O) groups excluding carboxylic acids is 1. The number of hydrazone groups is 1. The van der Waals surface area contributed by atoms with Crippen molar-refractivity contribution < 1.29 is 9.53 Å². The molecular weight excluding hydrogens is 306 g/mol. The summed E-state index contributed by atoms with van der Waals surface area (Å²) in [4.78, 5) is 16.2. The number of rotatable bonds is 3. The van der Waals surface area contributed by atoms with E-state index in [-0.39, 0.29) is 11.9 Å². The maximum atomic E-state index is 12.0. The van der Waals surface area contributed by atoms with Crippen LogP contribution >= 0.6 is 0 Å². The molecule has 4 rings (SSSR count). The van der Waals surface area contributed by atoms with Crippen LogP contribution in [0.25, 0.3) is 0 Å². The van der Waals surface area contributed by atoms with Crippen molar-refractivity contribution in [2.24, 2.45) is 10.5 Å². The molecule has 1 amide bonds. The van der Waals surface area contributed by atoms with Crippen molar-refractivity contribution in [1.29, 1.82) is 0 Å². The lowest BCUT2D eigenvalue weighted by molar-refractivity contribution is -0.122. The van der Waals surface area contributed by atoms with Crippen molar-refractivity contribution in [2.45, 2.75) is 19.9 Å². The summed E-state index contributed by atoms with van der Waals surface area (Å²) in [6.07, 6.45) is 0. The lowest BCUT2D eigenvalue weighted by Crippen LogP contribution is -2.56. The Kier molecular flexibility index (Phi) is 3.42. The van der Waals surface area contributed by atoms with E-state index in [4.69, 9.17) is 4.74 Å². The zero-order chi connectivity index (χ0) is 16.9. The summed E-state index contributed by atoms with van der Waals surface area (Å²) in [5, 5.41) is 7.65. The van der Waals surface area contributed by atoms with Gasteiger partial charge in [-0.3, -0.25) is 4.79 Å². The van der Waals surface area contributed by atoms with E-state index in [2.05, 4.69) is 34.7 Å². The van der Waals surface area contributed by atoms with Crippen LogP contribution in [0.1, 0.15) is 13.8 Å². The van der Waals surface area contributed by atoms with Gasteiger partial charge in [0.15, 0.2) is 5.84 Å². The highest BCUT2D eigenvalue weighted by molar-refractivity contribution is 6.09. The second kappa shape index (κ2) is 5.37. The molecule has 2 N–H and O–H groups in total. The summed E-state index contributed by atoms with van der Waals surface area (Å²) >= 11 is 0. The van der Waals surface area contributed by atoms with Gasteiger partial charge in [-0.25, -0.2) is 5.43 Å². The Morgan fingerprint density at radius 3 is 3.00 bits per heavy atom. The van der Waals surface area contributed by atoms with E-state index in [1.54, 1.807) is 0 Å². The Bertz CT molecular complexity index is 711. The molecule has 7 nitrogen and oxygen atoms in total. The Hall–Kier alpha value is -2.28. The highest BCUT2D eigenvalue weighted by Gasteiger charge is 2.37. The maximum Gasteiger partial charge on any atom is 0.262 e. The second-order valence-corrected chi connectivity index (χ2v) is 7.36. The van der Waals surface area contributed by atoms with E-state index >= 15 is 0 Å². The minimum Gasteiger partial charge on any atom is -0.483 e. The van der Waals surface area contributed by atoms with Crippen LogP contribution in [-0.4, -0.2) is 56.0 Å². The van der Waals surface area contributed by atoms with Gasteiger partial charge in [-0.1, -0.05) is 6.92 Å². The van der Waals surface area contributed by atoms with E-state index in [1.807, 2.05) is 30.0 Å². The van der Waals surface area contributed by atoms with Crippen molar-refractivity contribution in [2.75, 3.05) is 43.5 Å². The number of nitrogens with one attached hydrogen (secondary N) is 2. The topological polar surface area (TPSA) is 69.2 Å². The maximum absolute atomic E-state index is 12.0. The summed E-state index contributed by atoms with van der Waals surface area (Å²) in [7, 11) is 2.14. The molecule has 0 bridgehead atoms. The number of amidine groups is 1. The zero-order valence-electron chi connectivity index (χ0n) is 14.3. The second-order valence-electron chi connectivity index (χ2n) is 7.36. The number of fused-ring (bicyclic) bond motifs is 3. The Morgan fingerprint density at radius 1 is 1.46 bits per heavy atom. The molecule has 0 radical (unpaired) electrons. The molecule has 1 fully saturated rings. The van der Waals surface area contributed by atoms with Crippen molar-refractivity contribution in [1.82, 2.24) is 10.3 Å². The van der Waals surface area contributed by atoms with Crippen molar-refractivity contribution in [3.63, 3.8) is 0 Å². The van der Waals surface area contributed by atoms with Gasteiger partial charge in [-0.2, -0.15) is 5.10 Å². The molecule has 1 aromatic rings. The van der Waals surface area contributed by atoms with Gasteiger partial charge >= 0.3 is 0 Å². The van der Waals surface area contributed by atoms with Crippen LogP contribution in [0.15, 0.2) is 23.3 Å². The number of hydrogen-bond acceptors (Lipinski definition) is 6. The largest absolute Gasteiger partial charge is 0.483 e. The van der Waals surface area contributed by atoms with Crippen molar-refractivity contribution in [3.05, 3.63) is 18.2 Å². The highest BCUT2D eigenvalue weighted by atomic mass is 16.5. The SMILES string of the molecule is C[C@@H]1C(=O)NN=C2COc3ccc(NCC4(C)CN(C)C4)cc3N21. The predicted octanol–water partition coefficient (Wildman–Crippen LogP) is 1.08. The number of benzene rings is 1. The number of ether oxygens (including phenoxy) is 1. The minimum absolute atomic E-state index is 0.102. The monoisotopic (exact) mass is 329 g/mol. The lowest BCUT2D eigenvalue weighted by Gasteiger charge is -2.46. The Balaban J connectivity index is 1.57. The van der Waals surface area contributed by atoms with Crippen LogP contribution in [0.4, 0.5) is 11.4 Å². The standard InChI is InChI=1S/C17H23N5O2/c1-11-16(23)20-19-15-7-24-14-5-4-12(6-13(14)22(11)15)18-8-17(2)9-21(3)10-17/h4-6,11,18H,7-10H2,1-3H3,(H,20,23)/t11-/m1/s1. The van der Waals surface area contributed by atoms with E-state index in [1.165, 1.54) is 0 Å². The molecule has 128 valence electrons. The molecule has 0 saturated carbocycles. The molecule has 3 heterocycles. The molecule has 3 aliphatic heterocycles. The lowest BCUT2D eigenvalue weighted by atomic mass is 9.82. The Labute approximate surface area is 141 Å². The Morgan fingerprint density at radius 2 is 2.25 bits per heavy atom. The number of anilines is 2. The summed E-state index contributed by atoms with van der Waals surface area (Å²) in [5.41, 5.74) is 4.79. The highest BCUT2D eigenvalue weighted by Crippen LogP contribution is 2.37. The molecule has 1 aromatic carbocycles. The number of likely N-dealkylation sites (tertiary alicyclic amines) is 1. The molecule has 0 spiro atoms. The van der Waals surface area contributed by atoms with E-state index in [9.17, 15) is 4.79 Å². The summed E-state index contributed by atoms with van der Waals surface area (Å²) < 4.78 is 5.77. The molecule has 3 aliphatic rings. The minimum atomic E-state index is -0.298. The summed E-state index contributed by atoms with van der Waals surface area (Å²) in [6, 6.07) is 5.74. The van der Waals surface area contributed by atoms with Crippen LogP contribution in [0.5, 0.6) is 5.75 Å². The average Bonchev–Trinajstić information content (AvgIpc) is 2.54. The van der Waals surface area contributed by atoms with Crippen molar-refractivity contribution in [3.8, 4) is 5.75 Å². The third kappa shape index (κ3) is 2.49. The molecule has 7 heteroatoms. The fourth-order valence-corrected chi connectivity index (χ4v) is 3.82. The third-order valence-electron chi connectivity index (χ3n) is 4.94. The molecular formula is C17H23N5O2. The van der Waals surface area contributed by atoms with Crippen LogP contribution in [0.2, 0.25) is 0 Å². The molecule has 24 heavy (non-hydrogen) atoms. The third-order valence-corrected chi connectivity index (χ3v) is 4.94. The van der Waals surface area contributed by atoms with E-state index in [0.717, 1.165) is 42.6 Å². The van der Waals surface area contributed by atoms with Gasteiger partial charge < -0.3 is 19.9 Å². The molecule has 1 saturated heterocycles. The quantitative estimate of drug-likeness (QED) is 0.868. The number of hydrogen-bond donors (Lipinski definition) is 2. The summed E-state index contributed by atoms with van der Waals surface area (Å²) in [5.74, 6) is 1.42. The van der Waals surface area contributed by atoms with Gasteiger partial charge in [0.1, 0.15) is 18.4 Å². The first-order chi connectivity index (χ1) is 11.5. The van der Waals surface area contributed by atoms with Gasteiger partial charge in [0, 0.05) is 30.7 Å². The fourth-order valence-electron chi connectivity index (χ4n) is 3.82. The summed E-state index contributed by atoms with van der Waals surface area (Å²) in [6.45, 7) is 7.68. The predicted molar refractivity (Wildman–Crippen MR) is 93.5 cm³/mol. The first-order valence-electron chi connectivity index (χ1n) is 8.30. The zero-order valence-corrected chi connectivity index (χ0v) is 14.3. The normalized spacial score (nSPS) is 24.8. The molecule has 0 aliphatic carbocycles. The van der Waals surface area contributed by atoms with E-state index in [0.29, 0.717) is 12.0 Å². The van der Waals surface area contributed by atoms with Crippen LogP contribution < -0.4 is 20.4 Å². The smallest absolute Gasteiger partial charge is 0.262 e.